The van der Waals surface area contributed by atoms with Gasteiger partial charge in [-0.25, -0.2) is 8.42 Å². The van der Waals surface area contributed by atoms with E-state index < -0.39 is 10.0 Å². The Hall–Kier alpha value is -1.27. The standard InChI is InChI=1S/C17H27NO4S/c1-4-21-15-11-12-16(22-5-2)17(13-15)23(19,20)18(3)14-9-7-6-8-10-14/h11-14H,4-10H2,1-3H3. The Morgan fingerprint density at radius 1 is 1.09 bits per heavy atom. The van der Waals surface area contributed by atoms with Crippen molar-refractivity contribution in [2.75, 3.05) is 20.3 Å². The molecule has 1 aromatic carbocycles. The van der Waals surface area contributed by atoms with Crippen LogP contribution in [0.1, 0.15) is 46.0 Å². The van der Waals surface area contributed by atoms with Crippen molar-refractivity contribution < 1.29 is 17.9 Å². The molecule has 0 spiro atoms. The lowest BCUT2D eigenvalue weighted by atomic mass is 9.96. The zero-order chi connectivity index (χ0) is 16.9. The second-order valence-corrected chi connectivity index (χ2v) is 7.75. The van der Waals surface area contributed by atoms with E-state index in [0.29, 0.717) is 24.7 Å². The summed E-state index contributed by atoms with van der Waals surface area (Å²) in [6.45, 7) is 4.63. The normalized spacial score (nSPS) is 16.5. The van der Waals surface area contributed by atoms with Crippen molar-refractivity contribution in [3.8, 4) is 11.5 Å². The first-order chi connectivity index (χ1) is 11.0. The summed E-state index contributed by atoms with van der Waals surface area (Å²) in [6, 6.07) is 5.06. The van der Waals surface area contributed by atoms with E-state index >= 15 is 0 Å². The Labute approximate surface area is 139 Å². The van der Waals surface area contributed by atoms with Crippen LogP contribution in [0.15, 0.2) is 23.1 Å². The summed E-state index contributed by atoms with van der Waals surface area (Å²) >= 11 is 0. The van der Waals surface area contributed by atoms with E-state index in [2.05, 4.69) is 0 Å². The second-order valence-electron chi connectivity index (χ2n) is 5.79. The number of rotatable bonds is 7. The molecule has 1 saturated carbocycles. The van der Waals surface area contributed by atoms with Gasteiger partial charge in [0.25, 0.3) is 0 Å². The van der Waals surface area contributed by atoms with Crippen molar-refractivity contribution in [3.63, 3.8) is 0 Å². The van der Waals surface area contributed by atoms with Gasteiger partial charge >= 0.3 is 0 Å². The first kappa shape index (κ1) is 18.1. The van der Waals surface area contributed by atoms with Gasteiger partial charge in [0.2, 0.25) is 10.0 Å². The zero-order valence-electron chi connectivity index (χ0n) is 14.2. The summed E-state index contributed by atoms with van der Waals surface area (Å²) < 4.78 is 38.7. The third-order valence-corrected chi connectivity index (χ3v) is 6.20. The van der Waals surface area contributed by atoms with Crippen LogP contribution < -0.4 is 9.47 Å². The molecule has 1 aromatic rings. The van der Waals surface area contributed by atoms with Crippen molar-refractivity contribution in [2.24, 2.45) is 0 Å². The van der Waals surface area contributed by atoms with Crippen LogP contribution in [0.5, 0.6) is 11.5 Å². The molecular weight excluding hydrogens is 314 g/mol. The third-order valence-electron chi connectivity index (χ3n) is 4.27. The van der Waals surface area contributed by atoms with Gasteiger partial charge < -0.3 is 9.47 Å². The Morgan fingerprint density at radius 3 is 2.35 bits per heavy atom. The summed E-state index contributed by atoms with van der Waals surface area (Å²) in [5, 5.41) is 0. The molecule has 0 radical (unpaired) electrons. The summed E-state index contributed by atoms with van der Waals surface area (Å²) in [5.41, 5.74) is 0. The fourth-order valence-corrected chi connectivity index (χ4v) is 4.58. The van der Waals surface area contributed by atoms with Crippen LogP contribution in [0.4, 0.5) is 0 Å². The van der Waals surface area contributed by atoms with Gasteiger partial charge in [0.1, 0.15) is 16.4 Å². The molecule has 1 aliphatic carbocycles. The molecule has 0 N–H and O–H groups in total. The second kappa shape index (κ2) is 8.02. The SMILES string of the molecule is CCOc1ccc(OCC)c(S(=O)(=O)N(C)C2CCCCC2)c1. The quantitative estimate of drug-likeness (QED) is 0.762. The Kier molecular flexibility index (Phi) is 6.30. The average molecular weight is 341 g/mol. The van der Waals surface area contributed by atoms with E-state index in [1.54, 1.807) is 25.2 Å². The molecule has 0 aliphatic heterocycles. The molecule has 0 aromatic heterocycles. The summed E-state index contributed by atoms with van der Waals surface area (Å²) in [4.78, 5) is 0.193. The minimum atomic E-state index is -3.60. The molecule has 1 fully saturated rings. The fourth-order valence-electron chi connectivity index (χ4n) is 3.02. The summed E-state index contributed by atoms with van der Waals surface area (Å²) in [7, 11) is -1.93. The molecule has 0 saturated heterocycles. The highest BCUT2D eigenvalue weighted by molar-refractivity contribution is 7.89. The van der Waals surface area contributed by atoms with Crippen molar-refractivity contribution in [3.05, 3.63) is 18.2 Å². The van der Waals surface area contributed by atoms with Gasteiger partial charge in [0.05, 0.1) is 13.2 Å². The van der Waals surface area contributed by atoms with Gasteiger partial charge in [0.15, 0.2) is 0 Å². The topological polar surface area (TPSA) is 55.8 Å². The molecule has 0 unspecified atom stereocenters. The van der Waals surface area contributed by atoms with Crippen LogP contribution in [0.2, 0.25) is 0 Å². The number of ether oxygens (including phenoxy) is 2. The van der Waals surface area contributed by atoms with Crippen LogP contribution in [0.3, 0.4) is 0 Å². The minimum Gasteiger partial charge on any atom is -0.494 e. The first-order valence-electron chi connectivity index (χ1n) is 8.38. The van der Waals surface area contributed by atoms with Gasteiger partial charge in [0, 0.05) is 19.2 Å². The number of hydrogen-bond acceptors (Lipinski definition) is 4. The lowest BCUT2D eigenvalue weighted by Gasteiger charge is -2.30. The Bertz CT molecular complexity index is 609. The largest absolute Gasteiger partial charge is 0.494 e. The van der Waals surface area contributed by atoms with Crippen LogP contribution >= 0.6 is 0 Å². The maximum Gasteiger partial charge on any atom is 0.246 e. The monoisotopic (exact) mass is 341 g/mol. The summed E-state index contributed by atoms with van der Waals surface area (Å²) in [6.07, 6.45) is 5.20. The van der Waals surface area contributed by atoms with Gasteiger partial charge in [-0.2, -0.15) is 4.31 Å². The maximum absolute atomic E-state index is 13.1. The van der Waals surface area contributed by atoms with E-state index in [4.69, 9.17) is 9.47 Å². The molecule has 0 heterocycles. The molecule has 5 nitrogen and oxygen atoms in total. The smallest absolute Gasteiger partial charge is 0.246 e. The molecule has 0 bridgehead atoms. The van der Waals surface area contributed by atoms with Crippen molar-refractivity contribution in [1.29, 1.82) is 0 Å². The van der Waals surface area contributed by atoms with E-state index in [1.165, 1.54) is 10.7 Å². The van der Waals surface area contributed by atoms with Gasteiger partial charge in [-0.05, 0) is 38.8 Å². The molecule has 0 amide bonds. The fraction of sp³-hybridized carbons (Fsp3) is 0.647. The Balaban J connectivity index is 2.37. The number of benzene rings is 1. The van der Waals surface area contributed by atoms with Crippen molar-refractivity contribution in [2.45, 2.75) is 56.9 Å². The van der Waals surface area contributed by atoms with Gasteiger partial charge in [-0.1, -0.05) is 19.3 Å². The van der Waals surface area contributed by atoms with Crippen LogP contribution in [0, 0.1) is 0 Å². The van der Waals surface area contributed by atoms with E-state index in [9.17, 15) is 8.42 Å². The van der Waals surface area contributed by atoms with Crippen LogP contribution in [0.25, 0.3) is 0 Å². The predicted molar refractivity (Wildman–Crippen MR) is 90.6 cm³/mol. The number of nitrogens with zero attached hydrogens (tertiary/aromatic N) is 1. The maximum atomic E-state index is 13.1. The van der Waals surface area contributed by atoms with Gasteiger partial charge in [-0.3, -0.25) is 0 Å². The highest BCUT2D eigenvalue weighted by Gasteiger charge is 2.31. The number of hydrogen-bond donors (Lipinski definition) is 0. The van der Waals surface area contributed by atoms with E-state index in [-0.39, 0.29) is 10.9 Å². The highest BCUT2D eigenvalue weighted by Crippen LogP contribution is 2.33. The highest BCUT2D eigenvalue weighted by atomic mass is 32.2. The molecule has 2 rings (SSSR count). The van der Waals surface area contributed by atoms with Gasteiger partial charge in [-0.15, -0.1) is 0 Å². The van der Waals surface area contributed by atoms with Crippen molar-refractivity contribution in [1.82, 2.24) is 4.31 Å². The predicted octanol–water partition coefficient (Wildman–Crippen LogP) is 3.44. The van der Waals surface area contributed by atoms with E-state index in [1.807, 2.05) is 13.8 Å². The lowest BCUT2D eigenvalue weighted by molar-refractivity contribution is 0.282. The lowest BCUT2D eigenvalue weighted by Crippen LogP contribution is -2.38. The third kappa shape index (κ3) is 4.18. The molecule has 23 heavy (non-hydrogen) atoms. The first-order valence-corrected chi connectivity index (χ1v) is 9.82. The molecule has 1 aliphatic rings. The average Bonchev–Trinajstić information content (AvgIpc) is 2.56. The Morgan fingerprint density at radius 2 is 1.74 bits per heavy atom. The summed E-state index contributed by atoms with van der Waals surface area (Å²) in [5.74, 6) is 0.935. The van der Waals surface area contributed by atoms with E-state index in [0.717, 1.165) is 25.7 Å². The molecule has 0 atom stereocenters. The number of sulfonamides is 1. The van der Waals surface area contributed by atoms with Crippen LogP contribution in [-0.4, -0.2) is 39.0 Å². The minimum absolute atomic E-state index is 0.0685. The van der Waals surface area contributed by atoms with Crippen molar-refractivity contribution >= 4 is 10.0 Å². The van der Waals surface area contributed by atoms with Crippen LogP contribution in [-0.2, 0) is 10.0 Å². The zero-order valence-corrected chi connectivity index (χ0v) is 15.1. The molecule has 130 valence electrons. The molecular formula is C17H27NO4S. The molecule has 6 heteroatoms.